The molecule has 1 aromatic carbocycles. The summed E-state index contributed by atoms with van der Waals surface area (Å²) in [7, 11) is -0.510. The molecule has 0 radical (unpaired) electrons. The lowest BCUT2D eigenvalue weighted by Crippen LogP contribution is -2.68. The van der Waals surface area contributed by atoms with Crippen LogP contribution in [0.25, 0.3) is 0 Å². The molecule has 0 saturated carbocycles. The number of carbonyl (C=O) groups excluding carboxylic acids is 2. The lowest BCUT2D eigenvalue weighted by atomic mass is 9.80. The summed E-state index contributed by atoms with van der Waals surface area (Å²) in [6.45, 7) is 16.8. The van der Waals surface area contributed by atoms with E-state index in [4.69, 9.17) is 9.16 Å². The van der Waals surface area contributed by atoms with Gasteiger partial charge in [0.05, 0.1) is 19.1 Å². The fraction of sp³-hybridized carbons (Fsp3) is 0.636. The largest absolute Gasteiger partial charge is 0.497 e. The summed E-state index contributed by atoms with van der Waals surface area (Å²) >= 11 is 0. The summed E-state index contributed by atoms with van der Waals surface area (Å²) in [5.74, 6) is 0.684. The predicted octanol–water partition coefficient (Wildman–Crippen LogP) is 4.66. The van der Waals surface area contributed by atoms with Crippen molar-refractivity contribution in [3.8, 4) is 5.75 Å². The molecule has 1 heterocycles. The zero-order valence-corrected chi connectivity index (χ0v) is 19.7. The van der Waals surface area contributed by atoms with E-state index in [1.807, 2.05) is 19.1 Å². The molecule has 1 aliphatic rings. The molecule has 0 bridgehead atoms. The summed E-state index contributed by atoms with van der Waals surface area (Å²) < 4.78 is 11.7. The van der Waals surface area contributed by atoms with E-state index < -0.39 is 20.3 Å². The van der Waals surface area contributed by atoms with E-state index in [2.05, 4.69) is 40.8 Å². The van der Waals surface area contributed by atoms with E-state index >= 15 is 0 Å². The molecule has 5 nitrogen and oxygen atoms in total. The molecule has 156 valence electrons. The van der Waals surface area contributed by atoms with Crippen LogP contribution in [-0.2, 0) is 14.0 Å². The number of ketones is 1. The number of hydrogen-bond acceptors (Lipinski definition) is 4. The van der Waals surface area contributed by atoms with Crippen molar-refractivity contribution in [2.75, 3.05) is 12.0 Å². The Kier molecular flexibility index (Phi) is 6.46. The van der Waals surface area contributed by atoms with Crippen LogP contribution >= 0.6 is 0 Å². The first-order valence-corrected chi connectivity index (χ1v) is 12.9. The molecule has 3 atom stereocenters. The molecule has 0 aliphatic carbocycles. The third-order valence-corrected chi connectivity index (χ3v) is 11.5. The molecule has 1 fully saturated rings. The van der Waals surface area contributed by atoms with Crippen LogP contribution in [0.3, 0.4) is 0 Å². The van der Waals surface area contributed by atoms with Crippen molar-refractivity contribution in [1.82, 2.24) is 0 Å². The van der Waals surface area contributed by atoms with Crippen molar-refractivity contribution in [3.05, 3.63) is 24.3 Å². The maximum absolute atomic E-state index is 13.0. The normalized spacial score (nSPS) is 21.5. The Labute approximate surface area is 170 Å². The van der Waals surface area contributed by atoms with Crippen LogP contribution in [0.4, 0.5) is 5.69 Å². The van der Waals surface area contributed by atoms with E-state index in [1.54, 1.807) is 31.1 Å². The van der Waals surface area contributed by atoms with Crippen LogP contribution in [0.5, 0.6) is 5.75 Å². The highest BCUT2D eigenvalue weighted by Crippen LogP contribution is 2.46. The summed E-state index contributed by atoms with van der Waals surface area (Å²) in [4.78, 5) is 27.0. The fourth-order valence-electron chi connectivity index (χ4n) is 3.82. The molecular formula is C22H35NO4Si. The topological polar surface area (TPSA) is 55.8 Å². The zero-order valence-electron chi connectivity index (χ0n) is 18.7. The van der Waals surface area contributed by atoms with Crippen LogP contribution in [-0.4, -0.2) is 39.3 Å². The van der Waals surface area contributed by atoms with Gasteiger partial charge in [0, 0.05) is 5.69 Å². The van der Waals surface area contributed by atoms with E-state index in [0.29, 0.717) is 17.4 Å². The van der Waals surface area contributed by atoms with E-state index in [0.717, 1.165) is 0 Å². The van der Waals surface area contributed by atoms with Gasteiger partial charge < -0.3 is 14.1 Å². The number of carbonyl (C=O) groups is 2. The van der Waals surface area contributed by atoms with Gasteiger partial charge in [-0.05, 0) is 62.2 Å². The first-order valence-electron chi connectivity index (χ1n) is 10.0. The number of methoxy groups -OCH3 is 1. The van der Waals surface area contributed by atoms with Crippen molar-refractivity contribution >= 4 is 25.7 Å². The van der Waals surface area contributed by atoms with Gasteiger partial charge in [0.15, 0.2) is 14.1 Å². The Morgan fingerprint density at radius 1 is 1.14 bits per heavy atom. The number of rotatable bonds is 8. The first-order chi connectivity index (χ1) is 12.8. The van der Waals surface area contributed by atoms with Crippen molar-refractivity contribution < 1.29 is 18.8 Å². The molecule has 6 heteroatoms. The maximum Gasteiger partial charge on any atom is 0.235 e. The quantitative estimate of drug-likeness (QED) is 0.466. The summed E-state index contributed by atoms with van der Waals surface area (Å²) in [6.07, 6.45) is -0.296. The van der Waals surface area contributed by atoms with E-state index in [9.17, 15) is 9.59 Å². The van der Waals surface area contributed by atoms with Gasteiger partial charge in [-0.2, -0.15) is 0 Å². The Hall–Kier alpha value is -1.66. The molecule has 0 N–H and O–H groups in total. The number of ether oxygens (including phenoxy) is 1. The van der Waals surface area contributed by atoms with Crippen LogP contribution in [0.1, 0.15) is 41.5 Å². The smallest absolute Gasteiger partial charge is 0.235 e. The minimum absolute atomic E-state index is 0.0153. The number of benzene rings is 1. The monoisotopic (exact) mass is 405 g/mol. The SMILES string of the molecule is COc1ccc(N2C(=O)[C@H]([C@@H](C)O[Si](C)(C)C(C)(C)C(C)C)[C@H]2C(C)=O)cc1. The molecular weight excluding hydrogens is 370 g/mol. The minimum atomic E-state index is -2.11. The van der Waals surface area contributed by atoms with Crippen molar-refractivity contribution in [2.24, 2.45) is 11.8 Å². The van der Waals surface area contributed by atoms with Gasteiger partial charge in [0.1, 0.15) is 11.8 Å². The number of nitrogens with zero attached hydrogens (tertiary/aromatic N) is 1. The van der Waals surface area contributed by atoms with Gasteiger partial charge in [-0.25, -0.2) is 0 Å². The number of anilines is 1. The van der Waals surface area contributed by atoms with Crippen LogP contribution in [0.2, 0.25) is 18.1 Å². The molecule has 0 unspecified atom stereocenters. The van der Waals surface area contributed by atoms with Gasteiger partial charge in [-0.3, -0.25) is 9.59 Å². The summed E-state index contributed by atoms with van der Waals surface area (Å²) in [5.41, 5.74) is 0.716. The van der Waals surface area contributed by atoms with Gasteiger partial charge in [0.25, 0.3) is 0 Å². The van der Waals surface area contributed by atoms with E-state index in [1.165, 1.54) is 0 Å². The average molecular weight is 406 g/mol. The highest BCUT2D eigenvalue weighted by molar-refractivity contribution is 6.74. The predicted molar refractivity (Wildman–Crippen MR) is 115 cm³/mol. The minimum Gasteiger partial charge on any atom is -0.497 e. The van der Waals surface area contributed by atoms with Crippen molar-refractivity contribution in [1.29, 1.82) is 0 Å². The van der Waals surface area contributed by atoms with Crippen molar-refractivity contribution in [3.63, 3.8) is 0 Å². The Morgan fingerprint density at radius 3 is 2.11 bits per heavy atom. The first kappa shape index (κ1) is 22.6. The third-order valence-electron chi connectivity index (χ3n) is 6.89. The molecule has 1 saturated heterocycles. The highest BCUT2D eigenvalue weighted by Gasteiger charge is 2.55. The Bertz CT molecular complexity index is 727. The molecule has 0 spiro atoms. The summed E-state index contributed by atoms with van der Waals surface area (Å²) in [6, 6.07) is 6.75. The van der Waals surface area contributed by atoms with Gasteiger partial charge in [-0.1, -0.05) is 27.7 Å². The fourth-order valence-corrected chi connectivity index (χ4v) is 6.59. The van der Waals surface area contributed by atoms with E-state index in [-0.39, 0.29) is 22.8 Å². The average Bonchev–Trinajstić information content (AvgIpc) is 2.59. The lowest BCUT2D eigenvalue weighted by molar-refractivity contribution is -0.141. The third kappa shape index (κ3) is 3.89. The second-order valence-corrected chi connectivity index (χ2v) is 13.7. The maximum atomic E-state index is 13.0. The van der Waals surface area contributed by atoms with Gasteiger partial charge >= 0.3 is 0 Å². The number of hydrogen-bond donors (Lipinski definition) is 0. The second-order valence-electron chi connectivity index (χ2n) is 9.20. The standard InChI is InChI=1S/C22H35NO4Si/c1-14(2)22(5,6)28(8,9)27-16(4)19-20(15(3)24)23(21(19)25)17-10-12-18(26-7)13-11-17/h10-14,16,19-20H,1-9H3/t16-,19-,20-/m1/s1. The molecule has 1 aliphatic heterocycles. The number of Topliss-reactive ketones (excluding diaryl/α,β-unsaturated/α-hetero) is 1. The highest BCUT2D eigenvalue weighted by atomic mass is 28.4. The number of amides is 1. The van der Waals surface area contributed by atoms with Crippen LogP contribution in [0, 0.1) is 11.8 Å². The lowest BCUT2D eigenvalue weighted by Gasteiger charge is -2.51. The van der Waals surface area contributed by atoms with Gasteiger partial charge in [-0.15, -0.1) is 0 Å². The molecule has 1 aromatic rings. The van der Waals surface area contributed by atoms with Crippen molar-refractivity contribution in [2.45, 2.75) is 71.8 Å². The Morgan fingerprint density at radius 2 is 1.68 bits per heavy atom. The van der Waals surface area contributed by atoms with Gasteiger partial charge in [0.2, 0.25) is 5.91 Å². The molecule has 1 amide bonds. The van der Waals surface area contributed by atoms with Crippen LogP contribution < -0.4 is 9.64 Å². The second kappa shape index (κ2) is 7.99. The molecule has 0 aromatic heterocycles. The summed E-state index contributed by atoms with van der Waals surface area (Å²) in [5, 5.41) is 0.0510. The molecule has 28 heavy (non-hydrogen) atoms. The zero-order chi connectivity index (χ0) is 21.4. The van der Waals surface area contributed by atoms with Crippen LogP contribution in [0.15, 0.2) is 24.3 Å². The number of β-lactam (4-membered cyclic amide) rings is 1. The molecule has 2 rings (SSSR count). The Balaban J connectivity index is 2.23.